The first-order chi connectivity index (χ1) is 27.7. The molecule has 3 heterocycles. The van der Waals surface area contributed by atoms with Crippen molar-refractivity contribution in [3.63, 3.8) is 0 Å². The molecular formula is C43H54N6O8. The zero-order valence-corrected chi connectivity index (χ0v) is 33.4. The highest BCUT2D eigenvalue weighted by Gasteiger charge is 2.38. The Bertz CT molecular complexity index is 1840. The van der Waals surface area contributed by atoms with Crippen LogP contribution in [0.2, 0.25) is 0 Å². The molecule has 0 unspecified atom stereocenters. The van der Waals surface area contributed by atoms with Gasteiger partial charge in [0, 0.05) is 89.0 Å². The number of rotatable bonds is 16. The van der Waals surface area contributed by atoms with E-state index < -0.39 is 22.8 Å². The highest BCUT2D eigenvalue weighted by atomic mass is 16.6. The van der Waals surface area contributed by atoms with Crippen molar-refractivity contribution in [1.82, 2.24) is 15.1 Å². The van der Waals surface area contributed by atoms with Crippen LogP contribution in [-0.4, -0.2) is 120 Å². The Kier molecular flexibility index (Phi) is 14.0. The number of methoxy groups -OCH3 is 2. The highest BCUT2D eigenvalue weighted by molar-refractivity contribution is 6.00. The van der Waals surface area contributed by atoms with Crippen molar-refractivity contribution < 1.29 is 33.5 Å². The summed E-state index contributed by atoms with van der Waals surface area (Å²) in [6.07, 6.45) is 1.25. The number of hydrogen-bond donors (Lipinski definition) is 1. The summed E-state index contributed by atoms with van der Waals surface area (Å²) in [6.45, 7) is 12.3. The number of carbonyl (C=O) groups excluding carboxylic acids is 2. The summed E-state index contributed by atoms with van der Waals surface area (Å²) in [4.78, 5) is 48.5. The van der Waals surface area contributed by atoms with Crippen molar-refractivity contribution in [2.24, 2.45) is 0 Å². The number of dihydropyridines is 1. The molecule has 1 N–H and O–H groups in total. The number of nitro benzene ring substituents is 1. The normalized spacial score (nSPS) is 17.0. The molecule has 0 radical (unpaired) electrons. The molecule has 2 fully saturated rings. The Morgan fingerprint density at radius 1 is 0.684 bits per heavy atom. The number of esters is 2. The van der Waals surface area contributed by atoms with Gasteiger partial charge in [-0.25, -0.2) is 9.59 Å². The van der Waals surface area contributed by atoms with Gasteiger partial charge in [-0.3, -0.25) is 19.9 Å². The minimum absolute atomic E-state index is 0.140. The van der Waals surface area contributed by atoms with Gasteiger partial charge in [0.15, 0.2) is 0 Å². The average molecular weight is 783 g/mol. The van der Waals surface area contributed by atoms with E-state index in [1.807, 2.05) is 36.4 Å². The number of hydrogen-bond acceptors (Lipinski definition) is 13. The maximum absolute atomic E-state index is 13.9. The summed E-state index contributed by atoms with van der Waals surface area (Å²) in [6, 6.07) is 22.1. The van der Waals surface area contributed by atoms with E-state index in [4.69, 9.17) is 18.9 Å². The molecule has 2 saturated heterocycles. The molecule has 3 aromatic carbocycles. The summed E-state index contributed by atoms with van der Waals surface area (Å²) in [5, 5.41) is 15.0. The molecular weight excluding hydrogens is 729 g/mol. The molecule has 57 heavy (non-hydrogen) atoms. The monoisotopic (exact) mass is 782 g/mol. The van der Waals surface area contributed by atoms with Crippen LogP contribution >= 0.6 is 0 Å². The molecule has 0 saturated carbocycles. The number of ether oxygens (including phenoxy) is 4. The van der Waals surface area contributed by atoms with Crippen molar-refractivity contribution in [1.29, 1.82) is 0 Å². The van der Waals surface area contributed by atoms with Gasteiger partial charge >= 0.3 is 11.9 Å². The Morgan fingerprint density at radius 3 is 1.58 bits per heavy atom. The molecule has 3 aromatic rings. The molecule has 0 aromatic heterocycles. The SMILES string of the molecule is COc1ccccc1N1CCN(CCCOC(=O)C2=C(C)NC(C)=C(C(=O)OCCCN3CCN(c4ccccc4OC)CC3)C2c2cccc([N+](=O)[O-])c2)CC1. The molecule has 3 aliphatic heterocycles. The van der Waals surface area contributed by atoms with Gasteiger partial charge in [-0.15, -0.1) is 0 Å². The maximum Gasteiger partial charge on any atom is 0.336 e. The zero-order valence-electron chi connectivity index (χ0n) is 33.4. The molecule has 0 amide bonds. The first-order valence-electron chi connectivity index (χ1n) is 19.7. The maximum atomic E-state index is 13.9. The number of nitrogens with one attached hydrogen (secondary N) is 1. The van der Waals surface area contributed by atoms with Crippen LogP contribution in [0.25, 0.3) is 0 Å². The van der Waals surface area contributed by atoms with Crippen LogP contribution in [0.4, 0.5) is 17.1 Å². The van der Waals surface area contributed by atoms with Gasteiger partial charge in [0.1, 0.15) is 11.5 Å². The first kappa shape index (κ1) is 41.0. The quantitative estimate of drug-likeness (QED) is 0.0865. The number of allylic oxidation sites excluding steroid dienone is 2. The molecule has 3 aliphatic rings. The zero-order chi connectivity index (χ0) is 40.3. The van der Waals surface area contributed by atoms with Gasteiger partial charge in [0.25, 0.3) is 5.69 Å². The van der Waals surface area contributed by atoms with Crippen LogP contribution in [-0.2, 0) is 19.1 Å². The summed E-state index contributed by atoms with van der Waals surface area (Å²) < 4.78 is 22.8. The number of nitro groups is 1. The minimum Gasteiger partial charge on any atom is -0.495 e. The van der Waals surface area contributed by atoms with Crippen LogP contribution in [0.3, 0.4) is 0 Å². The second kappa shape index (κ2) is 19.5. The molecule has 14 heteroatoms. The molecule has 304 valence electrons. The lowest BCUT2D eigenvalue weighted by atomic mass is 9.80. The standard InChI is InChI=1S/C43H54N6O8/c1-31-39(42(50)56-28-10-18-45-20-24-47(25-21-45)35-14-5-7-16-37(35)54-3)41(33-12-9-13-34(30-33)49(52)53)40(32(2)44-31)43(51)57-29-11-19-46-22-26-48(27-23-46)36-15-6-8-17-38(36)55-4/h5-9,12-17,30,41,44H,10-11,18-29H2,1-4H3. The third-order valence-corrected chi connectivity index (χ3v) is 10.9. The third kappa shape index (κ3) is 10.0. The number of benzene rings is 3. The Balaban J connectivity index is 1.04. The largest absolute Gasteiger partial charge is 0.495 e. The first-order valence-corrected chi connectivity index (χ1v) is 19.7. The summed E-state index contributed by atoms with van der Waals surface area (Å²) in [5.41, 5.74) is 3.95. The average Bonchev–Trinajstić information content (AvgIpc) is 3.24. The van der Waals surface area contributed by atoms with E-state index in [1.54, 1.807) is 40.2 Å². The second-order valence-electron chi connectivity index (χ2n) is 14.5. The van der Waals surface area contributed by atoms with Gasteiger partial charge in [-0.2, -0.15) is 0 Å². The predicted octanol–water partition coefficient (Wildman–Crippen LogP) is 5.36. The van der Waals surface area contributed by atoms with Crippen molar-refractivity contribution in [3.05, 3.63) is 111 Å². The topological polar surface area (TPSA) is 139 Å². The van der Waals surface area contributed by atoms with Gasteiger partial charge in [0.05, 0.1) is 60.8 Å². The van der Waals surface area contributed by atoms with E-state index >= 15 is 0 Å². The number of piperazine rings is 2. The fourth-order valence-electron chi connectivity index (χ4n) is 7.95. The van der Waals surface area contributed by atoms with Gasteiger partial charge in [-0.05, 0) is 56.5 Å². The molecule has 0 aliphatic carbocycles. The fourth-order valence-corrected chi connectivity index (χ4v) is 7.95. The van der Waals surface area contributed by atoms with Crippen LogP contribution in [0, 0.1) is 10.1 Å². The van der Waals surface area contributed by atoms with E-state index in [2.05, 4.69) is 37.0 Å². The van der Waals surface area contributed by atoms with Crippen molar-refractivity contribution in [2.45, 2.75) is 32.6 Å². The Labute approximate surface area is 334 Å². The van der Waals surface area contributed by atoms with Crippen molar-refractivity contribution in [2.75, 3.05) is 103 Å². The van der Waals surface area contributed by atoms with Gasteiger partial charge in [-0.1, -0.05) is 36.4 Å². The van der Waals surface area contributed by atoms with Gasteiger partial charge < -0.3 is 34.1 Å². The van der Waals surface area contributed by atoms with E-state index in [1.165, 1.54) is 12.1 Å². The summed E-state index contributed by atoms with van der Waals surface area (Å²) >= 11 is 0. The van der Waals surface area contributed by atoms with Gasteiger partial charge in [0.2, 0.25) is 0 Å². The van der Waals surface area contributed by atoms with Crippen LogP contribution in [0.5, 0.6) is 11.5 Å². The Hall–Kier alpha value is -5.60. The lowest BCUT2D eigenvalue weighted by molar-refractivity contribution is -0.384. The molecule has 0 atom stereocenters. The van der Waals surface area contributed by atoms with Crippen LogP contribution in [0.1, 0.15) is 38.2 Å². The second-order valence-corrected chi connectivity index (χ2v) is 14.5. The number of carbonyl (C=O) groups is 2. The van der Waals surface area contributed by atoms with Crippen LogP contribution < -0.4 is 24.6 Å². The number of para-hydroxylation sites is 4. The highest BCUT2D eigenvalue weighted by Crippen LogP contribution is 2.40. The molecule has 0 bridgehead atoms. The number of non-ortho nitro benzene ring substituents is 1. The summed E-state index contributed by atoms with van der Waals surface area (Å²) in [7, 11) is 3.37. The van der Waals surface area contributed by atoms with E-state index in [9.17, 15) is 19.7 Å². The minimum atomic E-state index is -0.919. The molecule has 6 rings (SSSR count). The smallest absolute Gasteiger partial charge is 0.336 e. The molecule has 0 spiro atoms. The lowest BCUT2D eigenvalue weighted by Crippen LogP contribution is -2.46. The van der Waals surface area contributed by atoms with Crippen molar-refractivity contribution >= 4 is 29.0 Å². The predicted molar refractivity (Wildman–Crippen MR) is 219 cm³/mol. The number of anilines is 2. The fraction of sp³-hybridized carbons (Fsp3) is 0.442. The summed E-state index contributed by atoms with van der Waals surface area (Å²) in [5.74, 6) is -0.367. The Morgan fingerprint density at radius 2 is 1.14 bits per heavy atom. The van der Waals surface area contributed by atoms with Crippen LogP contribution in [0.15, 0.2) is 95.3 Å². The molecule has 14 nitrogen and oxygen atoms in total. The van der Waals surface area contributed by atoms with E-state index in [0.717, 1.165) is 88.3 Å². The lowest BCUT2D eigenvalue weighted by Gasteiger charge is -2.36. The third-order valence-electron chi connectivity index (χ3n) is 10.9. The number of nitrogens with zero attached hydrogens (tertiary/aromatic N) is 5. The van der Waals surface area contributed by atoms with E-state index in [0.29, 0.717) is 29.8 Å². The van der Waals surface area contributed by atoms with E-state index in [-0.39, 0.29) is 30.0 Å². The van der Waals surface area contributed by atoms with Crippen molar-refractivity contribution in [3.8, 4) is 11.5 Å².